The molecule has 7 heteroatoms. The van der Waals surface area contributed by atoms with Gasteiger partial charge in [-0.3, -0.25) is 4.79 Å². The molecule has 1 amide bonds. The topological polar surface area (TPSA) is 69.7 Å². The summed E-state index contributed by atoms with van der Waals surface area (Å²) in [5.41, 5.74) is 1.66. The summed E-state index contributed by atoms with van der Waals surface area (Å²) in [4.78, 5) is 12.3. The van der Waals surface area contributed by atoms with Crippen molar-refractivity contribution in [3.05, 3.63) is 29.8 Å². The molecule has 1 saturated heterocycles. The number of carbonyl (C=O) groups excluding carboxylic acids is 1. The number of amides is 1. The fourth-order valence-electron chi connectivity index (χ4n) is 2.67. The van der Waals surface area contributed by atoms with Crippen LogP contribution < -0.4 is 5.32 Å². The third-order valence-corrected chi connectivity index (χ3v) is 5.91. The number of rotatable bonds is 7. The summed E-state index contributed by atoms with van der Waals surface area (Å²) in [7, 11) is -3.55. The minimum Gasteiger partial charge on any atom is -0.325 e. The number of benzene rings is 1. The van der Waals surface area contributed by atoms with Crippen LogP contribution in [0.5, 0.6) is 0 Å². The van der Waals surface area contributed by atoms with Gasteiger partial charge in [0.05, 0.1) is 6.54 Å². The zero-order chi connectivity index (χ0) is 16.9. The highest BCUT2D eigenvalue weighted by Crippen LogP contribution is 2.18. The van der Waals surface area contributed by atoms with E-state index < -0.39 is 10.2 Å². The van der Waals surface area contributed by atoms with Gasteiger partial charge in [-0.25, -0.2) is 0 Å². The Morgan fingerprint density at radius 3 is 2.52 bits per heavy atom. The van der Waals surface area contributed by atoms with Crippen molar-refractivity contribution in [1.29, 1.82) is 0 Å². The normalized spacial score (nSPS) is 16.0. The van der Waals surface area contributed by atoms with E-state index in [4.69, 9.17) is 0 Å². The van der Waals surface area contributed by atoms with Crippen LogP contribution in [0.1, 0.15) is 31.7 Å². The Morgan fingerprint density at radius 2 is 1.91 bits per heavy atom. The number of hydrogen-bond acceptors (Lipinski definition) is 3. The summed E-state index contributed by atoms with van der Waals surface area (Å²) in [5, 5.41) is 2.80. The zero-order valence-electron chi connectivity index (χ0n) is 13.8. The second-order valence-electron chi connectivity index (χ2n) is 5.81. The molecule has 0 aliphatic carbocycles. The SMILES string of the molecule is CCCN(CC(=O)Nc1ccccc1C)S(=O)(=O)N1CCCC1. The van der Waals surface area contributed by atoms with E-state index in [9.17, 15) is 13.2 Å². The van der Waals surface area contributed by atoms with Gasteiger partial charge in [0, 0.05) is 25.3 Å². The van der Waals surface area contributed by atoms with Crippen LogP contribution in [-0.4, -0.2) is 49.1 Å². The number of aryl methyl sites for hydroxylation is 1. The predicted molar refractivity (Wildman–Crippen MR) is 91.4 cm³/mol. The summed E-state index contributed by atoms with van der Waals surface area (Å²) in [5.74, 6) is -0.310. The Bertz CT molecular complexity index is 640. The summed E-state index contributed by atoms with van der Waals surface area (Å²) < 4.78 is 28.1. The van der Waals surface area contributed by atoms with Gasteiger partial charge >= 0.3 is 0 Å². The maximum atomic E-state index is 12.6. The highest BCUT2D eigenvalue weighted by molar-refractivity contribution is 7.86. The second kappa shape index (κ2) is 7.90. The minimum absolute atomic E-state index is 0.152. The fourth-order valence-corrected chi connectivity index (χ4v) is 4.41. The van der Waals surface area contributed by atoms with Crippen LogP contribution in [0, 0.1) is 6.92 Å². The number of nitrogens with zero attached hydrogens (tertiary/aromatic N) is 2. The summed E-state index contributed by atoms with van der Waals surface area (Å²) in [6.45, 7) is 5.09. The van der Waals surface area contributed by atoms with Gasteiger partial charge in [0.1, 0.15) is 0 Å². The van der Waals surface area contributed by atoms with E-state index in [1.165, 1.54) is 8.61 Å². The maximum Gasteiger partial charge on any atom is 0.282 e. The molecule has 1 N–H and O–H groups in total. The van der Waals surface area contributed by atoms with Crippen molar-refractivity contribution >= 4 is 21.8 Å². The molecule has 1 aliphatic rings. The van der Waals surface area contributed by atoms with E-state index >= 15 is 0 Å². The molecule has 0 aromatic heterocycles. The second-order valence-corrected chi connectivity index (χ2v) is 7.74. The lowest BCUT2D eigenvalue weighted by molar-refractivity contribution is -0.116. The van der Waals surface area contributed by atoms with Crippen molar-refractivity contribution in [2.75, 3.05) is 31.5 Å². The highest BCUT2D eigenvalue weighted by Gasteiger charge is 2.32. The highest BCUT2D eigenvalue weighted by atomic mass is 32.2. The van der Waals surface area contributed by atoms with Gasteiger partial charge < -0.3 is 5.32 Å². The fraction of sp³-hybridized carbons (Fsp3) is 0.562. The van der Waals surface area contributed by atoms with Crippen molar-refractivity contribution in [3.63, 3.8) is 0 Å². The van der Waals surface area contributed by atoms with Gasteiger partial charge in [0.2, 0.25) is 5.91 Å². The quantitative estimate of drug-likeness (QED) is 0.826. The van der Waals surface area contributed by atoms with Gasteiger partial charge in [0.25, 0.3) is 10.2 Å². The van der Waals surface area contributed by atoms with Crippen molar-refractivity contribution in [3.8, 4) is 0 Å². The van der Waals surface area contributed by atoms with E-state index in [-0.39, 0.29) is 12.5 Å². The number of para-hydroxylation sites is 1. The van der Waals surface area contributed by atoms with Crippen LogP contribution in [-0.2, 0) is 15.0 Å². The van der Waals surface area contributed by atoms with Gasteiger partial charge in [0.15, 0.2) is 0 Å². The number of nitrogens with one attached hydrogen (secondary N) is 1. The Morgan fingerprint density at radius 1 is 1.26 bits per heavy atom. The molecule has 0 radical (unpaired) electrons. The molecule has 0 atom stereocenters. The molecule has 1 aliphatic heterocycles. The molecule has 2 rings (SSSR count). The lowest BCUT2D eigenvalue weighted by Gasteiger charge is -2.26. The van der Waals surface area contributed by atoms with E-state index in [1.807, 2.05) is 38.1 Å². The smallest absolute Gasteiger partial charge is 0.282 e. The molecular weight excluding hydrogens is 314 g/mol. The average molecular weight is 339 g/mol. The van der Waals surface area contributed by atoms with Crippen LogP contribution in [0.15, 0.2) is 24.3 Å². The predicted octanol–water partition coefficient (Wildman–Crippen LogP) is 1.99. The first-order valence-corrected chi connectivity index (χ1v) is 9.45. The van der Waals surface area contributed by atoms with Crippen LogP contribution in [0.2, 0.25) is 0 Å². The Labute approximate surface area is 138 Å². The van der Waals surface area contributed by atoms with Gasteiger partial charge in [-0.15, -0.1) is 0 Å². The van der Waals surface area contributed by atoms with Crippen LogP contribution in [0.4, 0.5) is 5.69 Å². The van der Waals surface area contributed by atoms with Crippen molar-refractivity contribution in [1.82, 2.24) is 8.61 Å². The van der Waals surface area contributed by atoms with E-state index in [1.54, 1.807) is 0 Å². The van der Waals surface area contributed by atoms with Crippen molar-refractivity contribution in [2.24, 2.45) is 0 Å². The van der Waals surface area contributed by atoms with Crippen molar-refractivity contribution < 1.29 is 13.2 Å². The van der Waals surface area contributed by atoms with Gasteiger partial charge in [-0.1, -0.05) is 25.1 Å². The Kier molecular flexibility index (Phi) is 6.15. The molecule has 0 bridgehead atoms. The molecule has 0 saturated carbocycles. The van der Waals surface area contributed by atoms with E-state index in [2.05, 4.69) is 5.32 Å². The molecule has 0 unspecified atom stereocenters. The molecule has 23 heavy (non-hydrogen) atoms. The van der Waals surface area contributed by atoms with Crippen LogP contribution in [0.25, 0.3) is 0 Å². The lowest BCUT2D eigenvalue weighted by atomic mass is 10.2. The average Bonchev–Trinajstić information content (AvgIpc) is 3.04. The largest absolute Gasteiger partial charge is 0.325 e. The van der Waals surface area contributed by atoms with Crippen LogP contribution >= 0.6 is 0 Å². The molecule has 0 spiro atoms. The van der Waals surface area contributed by atoms with E-state index in [0.717, 1.165) is 18.4 Å². The Balaban J connectivity index is 2.06. The first kappa shape index (κ1) is 17.9. The molecule has 1 aromatic carbocycles. The summed E-state index contributed by atoms with van der Waals surface area (Å²) >= 11 is 0. The molecule has 1 heterocycles. The number of carbonyl (C=O) groups is 1. The summed E-state index contributed by atoms with van der Waals surface area (Å²) in [6.07, 6.45) is 2.44. The first-order valence-electron chi connectivity index (χ1n) is 8.06. The molecular formula is C16H25N3O3S. The zero-order valence-corrected chi connectivity index (χ0v) is 14.6. The van der Waals surface area contributed by atoms with Gasteiger partial charge in [-0.2, -0.15) is 17.0 Å². The molecule has 128 valence electrons. The number of anilines is 1. The number of hydrogen-bond donors (Lipinski definition) is 1. The summed E-state index contributed by atoms with van der Waals surface area (Å²) in [6, 6.07) is 7.45. The van der Waals surface area contributed by atoms with Gasteiger partial charge in [-0.05, 0) is 37.8 Å². The lowest BCUT2D eigenvalue weighted by Crippen LogP contribution is -2.46. The molecule has 1 aromatic rings. The minimum atomic E-state index is -3.55. The third-order valence-electron chi connectivity index (χ3n) is 3.93. The molecule has 6 nitrogen and oxygen atoms in total. The third kappa shape index (κ3) is 4.53. The standard InChI is InChI=1S/C16H25N3O3S/c1-3-10-19(23(21,22)18-11-6-7-12-18)13-16(20)17-15-9-5-4-8-14(15)2/h4-5,8-9H,3,6-7,10-13H2,1-2H3,(H,17,20). The first-order chi connectivity index (χ1) is 10.9. The maximum absolute atomic E-state index is 12.6. The van der Waals surface area contributed by atoms with Crippen LogP contribution in [0.3, 0.4) is 0 Å². The molecule has 1 fully saturated rings. The Hall–Kier alpha value is -1.44. The monoisotopic (exact) mass is 339 g/mol. The van der Waals surface area contributed by atoms with Crippen molar-refractivity contribution in [2.45, 2.75) is 33.1 Å². The van der Waals surface area contributed by atoms with E-state index in [0.29, 0.717) is 31.7 Å².